The van der Waals surface area contributed by atoms with E-state index in [9.17, 15) is 0 Å². The standard InChI is InChI=1S/C8H8N2O2.C2H6/c9-2-8-1-6(4-11)7(5-12)3-10-8;1-2/h1,3,11-12H,4-5H2;1-2H3. The summed E-state index contributed by atoms with van der Waals surface area (Å²) in [5, 5.41) is 26.1. The van der Waals surface area contributed by atoms with Crippen molar-refractivity contribution in [3.05, 3.63) is 29.1 Å². The van der Waals surface area contributed by atoms with Crippen LogP contribution in [0.25, 0.3) is 0 Å². The molecule has 2 N–H and O–H groups in total. The molecule has 4 heteroatoms. The van der Waals surface area contributed by atoms with Crippen LogP contribution in [0, 0.1) is 11.3 Å². The van der Waals surface area contributed by atoms with E-state index >= 15 is 0 Å². The number of nitrogens with zero attached hydrogens (tertiary/aromatic N) is 2. The molecule has 0 fully saturated rings. The van der Waals surface area contributed by atoms with Gasteiger partial charge in [0.25, 0.3) is 0 Å². The second-order valence-corrected chi connectivity index (χ2v) is 2.27. The summed E-state index contributed by atoms with van der Waals surface area (Å²) < 4.78 is 0. The highest BCUT2D eigenvalue weighted by atomic mass is 16.3. The van der Waals surface area contributed by atoms with Crippen LogP contribution in [0.3, 0.4) is 0 Å². The Balaban J connectivity index is 0.000000791. The molecule has 0 amide bonds. The fourth-order valence-electron chi connectivity index (χ4n) is 0.876. The number of aliphatic hydroxyl groups is 2. The highest BCUT2D eigenvalue weighted by Crippen LogP contribution is 2.08. The van der Waals surface area contributed by atoms with Crippen molar-refractivity contribution in [1.82, 2.24) is 4.98 Å². The van der Waals surface area contributed by atoms with Gasteiger partial charge < -0.3 is 10.2 Å². The van der Waals surface area contributed by atoms with Crippen LogP contribution < -0.4 is 0 Å². The van der Waals surface area contributed by atoms with Gasteiger partial charge in [0.15, 0.2) is 0 Å². The average Bonchev–Trinajstić information content (AvgIpc) is 2.30. The Labute approximate surface area is 83.5 Å². The highest BCUT2D eigenvalue weighted by molar-refractivity contribution is 5.31. The first-order chi connectivity index (χ1) is 6.81. The van der Waals surface area contributed by atoms with E-state index in [4.69, 9.17) is 15.5 Å². The van der Waals surface area contributed by atoms with E-state index in [1.807, 2.05) is 19.9 Å². The number of aromatic nitrogens is 1. The van der Waals surface area contributed by atoms with Crippen LogP contribution in [0.1, 0.15) is 30.7 Å². The second kappa shape index (κ2) is 7.01. The SMILES string of the molecule is CC.N#Cc1cc(CO)c(CO)cn1. The first kappa shape index (κ1) is 12.6. The number of rotatable bonds is 2. The van der Waals surface area contributed by atoms with Gasteiger partial charge in [-0.05, 0) is 11.6 Å². The third kappa shape index (κ3) is 3.13. The van der Waals surface area contributed by atoms with E-state index in [0.717, 1.165) is 0 Å². The minimum atomic E-state index is -0.187. The minimum absolute atomic E-state index is 0.172. The van der Waals surface area contributed by atoms with Crippen molar-refractivity contribution >= 4 is 0 Å². The first-order valence-electron chi connectivity index (χ1n) is 4.41. The molecule has 0 saturated heterocycles. The number of hydrogen-bond donors (Lipinski definition) is 2. The molecule has 1 aromatic heterocycles. The predicted molar refractivity (Wildman–Crippen MR) is 52.1 cm³/mol. The minimum Gasteiger partial charge on any atom is -0.392 e. The van der Waals surface area contributed by atoms with Crippen molar-refractivity contribution in [3.63, 3.8) is 0 Å². The fraction of sp³-hybridized carbons (Fsp3) is 0.400. The molecule has 0 aliphatic rings. The summed E-state index contributed by atoms with van der Waals surface area (Å²) in [6, 6.07) is 3.31. The summed E-state index contributed by atoms with van der Waals surface area (Å²) >= 11 is 0. The maximum Gasteiger partial charge on any atom is 0.140 e. The topological polar surface area (TPSA) is 77.1 Å². The summed E-state index contributed by atoms with van der Waals surface area (Å²) in [4.78, 5) is 3.74. The van der Waals surface area contributed by atoms with Crippen LogP contribution in [-0.2, 0) is 13.2 Å². The summed E-state index contributed by atoms with van der Waals surface area (Å²) in [7, 11) is 0. The third-order valence-corrected chi connectivity index (χ3v) is 1.54. The zero-order valence-electron chi connectivity index (χ0n) is 8.36. The Morgan fingerprint density at radius 2 is 1.86 bits per heavy atom. The van der Waals surface area contributed by atoms with Crippen molar-refractivity contribution in [1.29, 1.82) is 5.26 Å². The molecular weight excluding hydrogens is 180 g/mol. The summed E-state index contributed by atoms with van der Waals surface area (Å²) in [6.07, 6.45) is 1.39. The summed E-state index contributed by atoms with van der Waals surface area (Å²) in [5.41, 5.74) is 1.34. The monoisotopic (exact) mass is 194 g/mol. The molecule has 1 heterocycles. The van der Waals surface area contributed by atoms with Crippen LogP contribution >= 0.6 is 0 Å². The molecule has 1 rings (SSSR count). The van der Waals surface area contributed by atoms with E-state index in [2.05, 4.69) is 4.98 Å². The van der Waals surface area contributed by atoms with Crippen LogP contribution in [0.5, 0.6) is 0 Å². The maximum absolute atomic E-state index is 8.82. The Kier molecular flexibility index (Phi) is 6.29. The number of nitriles is 1. The third-order valence-electron chi connectivity index (χ3n) is 1.54. The molecule has 0 aliphatic heterocycles. The molecule has 0 saturated carbocycles. The summed E-state index contributed by atoms with van der Waals surface area (Å²) in [6.45, 7) is 3.64. The fourth-order valence-corrected chi connectivity index (χ4v) is 0.876. The molecule has 0 unspecified atom stereocenters. The van der Waals surface area contributed by atoms with Gasteiger partial charge in [0.2, 0.25) is 0 Å². The Bertz CT molecular complexity index is 318. The molecular formula is C10H14N2O2. The van der Waals surface area contributed by atoms with Gasteiger partial charge in [0.05, 0.1) is 13.2 Å². The van der Waals surface area contributed by atoms with E-state index in [-0.39, 0.29) is 18.9 Å². The molecule has 0 aromatic carbocycles. The maximum atomic E-state index is 8.82. The number of aliphatic hydroxyl groups excluding tert-OH is 2. The van der Waals surface area contributed by atoms with E-state index in [0.29, 0.717) is 11.1 Å². The number of pyridine rings is 1. The second-order valence-electron chi connectivity index (χ2n) is 2.27. The normalized spacial score (nSPS) is 8.50. The molecule has 0 spiro atoms. The molecule has 0 atom stereocenters. The predicted octanol–water partition coefficient (Wildman–Crippen LogP) is 0.964. The average molecular weight is 194 g/mol. The van der Waals surface area contributed by atoms with Gasteiger partial charge >= 0.3 is 0 Å². The van der Waals surface area contributed by atoms with Gasteiger partial charge in [-0.3, -0.25) is 0 Å². The van der Waals surface area contributed by atoms with Crippen LogP contribution in [0.4, 0.5) is 0 Å². The molecule has 0 aliphatic carbocycles. The number of hydrogen-bond acceptors (Lipinski definition) is 4. The van der Waals surface area contributed by atoms with Crippen LogP contribution in [0.2, 0.25) is 0 Å². The molecule has 0 bridgehead atoms. The lowest BCUT2D eigenvalue weighted by Crippen LogP contribution is -1.96. The first-order valence-corrected chi connectivity index (χ1v) is 4.41. The lowest BCUT2D eigenvalue weighted by Gasteiger charge is -2.02. The lowest BCUT2D eigenvalue weighted by atomic mass is 10.1. The van der Waals surface area contributed by atoms with Gasteiger partial charge in [-0.25, -0.2) is 4.98 Å². The van der Waals surface area contributed by atoms with E-state index in [1.54, 1.807) is 0 Å². The Morgan fingerprint density at radius 1 is 1.29 bits per heavy atom. The van der Waals surface area contributed by atoms with Gasteiger partial charge in [-0.15, -0.1) is 0 Å². The lowest BCUT2D eigenvalue weighted by molar-refractivity contribution is 0.259. The van der Waals surface area contributed by atoms with Gasteiger partial charge in [-0.2, -0.15) is 5.26 Å². The molecule has 14 heavy (non-hydrogen) atoms. The van der Waals surface area contributed by atoms with Crippen molar-refractivity contribution in [2.75, 3.05) is 0 Å². The Morgan fingerprint density at radius 3 is 2.29 bits per heavy atom. The molecule has 76 valence electrons. The van der Waals surface area contributed by atoms with Crippen molar-refractivity contribution < 1.29 is 10.2 Å². The largest absolute Gasteiger partial charge is 0.392 e. The van der Waals surface area contributed by atoms with Crippen LogP contribution in [-0.4, -0.2) is 15.2 Å². The highest BCUT2D eigenvalue weighted by Gasteiger charge is 2.02. The molecule has 0 radical (unpaired) electrons. The van der Waals surface area contributed by atoms with E-state index in [1.165, 1.54) is 12.3 Å². The Hall–Kier alpha value is -1.44. The van der Waals surface area contributed by atoms with Gasteiger partial charge in [0.1, 0.15) is 11.8 Å². The zero-order chi connectivity index (χ0) is 11.0. The van der Waals surface area contributed by atoms with Crippen LogP contribution in [0.15, 0.2) is 12.3 Å². The van der Waals surface area contributed by atoms with Gasteiger partial charge in [0, 0.05) is 11.8 Å². The molecule has 4 nitrogen and oxygen atoms in total. The smallest absolute Gasteiger partial charge is 0.140 e. The zero-order valence-corrected chi connectivity index (χ0v) is 8.36. The van der Waals surface area contributed by atoms with Crippen molar-refractivity contribution in [3.8, 4) is 6.07 Å². The quantitative estimate of drug-likeness (QED) is 0.735. The van der Waals surface area contributed by atoms with Crippen molar-refractivity contribution in [2.24, 2.45) is 0 Å². The molecule has 1 aromatic rings. The van der Waals surface area contributed by atoms with E-state index < -0.39 is 0 Å². The van der Waals surface area contributed by atoms with Gasteiger partial charge in [-0.1, -0.05) is 13.8 Å². The summed E-state index contributed by atoms with van der Waals surface area (Å²) in [5.74, 6) is 0. The van der Waals surface area contributed by atoms with Crippen molar-refractivity contribution in [2.45, 2.75) is 27.1 Å².